The molecule has 2 aliphatic rings. The average molecular weight is 709 g/mol. The Balaban J connectivity index is 1.11. The summed E-state index contributed by atoms with van der Waals surface area (Å²) >= 11 is 1.93. The Morgan fingerprint density at radius 2 is 1.20 bits per heavy atom. The monoisotopic (exact) mass is 708 g/mol. The van der Waals surface area contributed by atoms with E-state index in [1.165, 1.54) is 80.6 Å². The first kappa shape index (κ1) is 30.0. The van der Waals surface area contributed by atoms with E-state index in [0.717, 1.165) is 22.6 Å². The van der Waals surface area contributed by atoms with Gasteiger partial charge >= 0.3 is 0 Å². The average Bonchev–Trinajstić information content (AvgIpc) is 3.76. The molecular formula is C49H32N4S. The van der Waals surface area contributed by atoms with Gasteiger partial charge in [0.2, 0.25) is 0 Å². The molecule has 1 aliphatic carbocycles. The minimum absolute atomic E-state index is 0.102. The van der Waals surface area contributed by atoms with Gasteiger partial charge in [-0.05, 0) is 74.5 Å². The summed E-state index contributed by atoms with van der Waals surface area (Å²) in [5.41, 5.74) is 12.1. The van der Waals surface area contributed by atoms with Crippen molar-refractivity contribution in [3.05, 3.63) is 187 Å². The first-order chi connectivity index (χ1) is 26.8. The van der Waals surface area contributed by atoms with E-state index < -0.39 is 0 Å². The number of thiophene rings is 1. The molecule has 1 aliphatic heterocycles. The number of amidine groups is 1. The van der Waals surface area contributed by atoms with Crippen LogP contribution in [0.3, 0.4) is 0 Å². The molecule has 3 heterocycles. The summed E-state index contributed by atoms with van der Waals surface area (Å²) in [5, 5.41) is 15.4. The molecular weight excluding hydrogens is 677 g/mol. The lowest BCUT2D eigenvalue weighted by Gasteiger charge is -2.32. The molecule has 0 saturated carbocycles. The zero-order valence-electron chi connectivity index (χ0n) is 29.1. The van der Waals surface area contributed by atoms with Crippen LogP contribution in [0.2, 0.25) is 0 Å². The number of rotatable bonds is 4. The maximum absolute atomic E-state index is 5.28. The van der Waals surface area contributed by atoms with E-state index in [-0.39, 0.29) is 12.3 Å². The molecule has 2 unspecified atom stereocenters. The van der Waals surface area contributed by atoms with E-state index in [2.05, 4.69) is 179 Å². The van der Waals surface area contributed by atoms with E-state index in [1.807, 2.05) is 17.4 Å². The molecule has 0 bridgehead atoms. The van der Waals surface area contributed by atoms with Crippen LogP contribution in [-0.2, 0) is 0 Å². The van der Waals surface area contributed by atoms with Crippen LogP contribution in [0.4, 0.5) is 0 Å². The third-order valence-corrected chi connectivity index (χ3v) is 12.5. The summed E-state index contributed by atoms with van der Waals surface area (Å²) < 4.78 is 5.16. The Morgan fingerprint density at radius 1 is 0.519 bits per heavy atom. The van der Waals surface area contributed by atoms with E-state index in [4.69, 9.17) is 4.99 Å². The van der Waals surface area contributed by atoms with E-state index in [0.29, 0.717) is 0 Å². The molecule has 2 aromatic heterocycles. The number of para-hydroxylation sites is 1. The number of nitrogens with zero attached hydrogens (tertiary/aromatic N) is 2. The molecule has 0 spiro atoms. The van der Waals surface area contributed by atoms with E-state index in [1.54, 1.807) is 0 Å². The maximum Gasteiger partial charge on any atom is 0.131 e. The predicted octanol–water partition coefficient (Wildman–Crippen LogP) is 12.3. The van der Waals surface area contributed by atoms with Gasteiger partial charge in [0, 0.05) is 42.2 Å². The summed E-state index contributed by atoms with van der Waals surface area (Å²) in [7, 11) is 0. The van der Waals surface area contributed by atoms with Crippen LogP contribution >= 0.6 is 11.3 Å². The highest BCUT2D eigenvalue weighted by atomic mass is 32.1. The molecule has 0 fully saturated rings. The van der Waals surface area contributed by atoms with Gasteiger partial charge in [0.05, 0.1) is 11.0 Å². The summed E-state index contributed by atoms with van der Waals surface area (Å²) in [6.45, 7) is 0. The van der Waals surface area contributed by atoms with Gasteiger partial charge < -0.3 is 9.88 Å². The van der Waals surface area contributed by atoms with Crippen molar-refractivity contribution >= 4 is 69.9 Å². The second kappa shape index (κ2) is 11.5. The third-order valence-electron chi connectivity index (χ3n) is 11.4. The van der Waals surface area contributed by atoms with Crippen molar-refractivity contribution in [1.82, 2.24) is 15.2 Å². The van der Waals surface area contributed by atoms with Crippen molar-refractivity contribution < 1.29 is 0 Å². The molecule has 4 nitrogen and oxygen atoms in total. The molecule has 0 saturated heterocycles. The summed E-state index contributed by atoms with van der Waals surface area (Å²) in [6, 6.07) is 61.7. The van der Waals surface area contributed by atoms with Crippen LogP contribution in [0, 0.1) is 0 Å². The zero-order chi connectivity index (χ0) is 35.3. The lowest BCUT2D eigenvalue weighted by molar-refractivity contribution is 0.409. The van der Waals surface area contributed by atoms with Crippen molar-refractivity contribution in [2.24, 2.45) is 4.99 Å². The van der Waals surface area contributed by atoms with Gasteiger partial charge in [-0.3, -0.25) is 5.32 Å². The van der Waals surface area contributed by atoms with Gasteiger partial charge in [0.1, 0.15) is 18.2 Å². The van der Waals surface area contributed by atoms with Crippen LogP contribution in [0.25, 0.3) is 80.7 Å². The molecule has 2 N–H and O–H groups in total. The van der Waals surface area contributed by atoms with Gasteiger partial charge in [-0.25, -0.2) is 4.99 Å². The van der Waals surface area contributed by atoms with Crippen molar-refractivity contribution in [3.8, 4) is 27.9 Å². The van der Waals surface area contributed by atoms with Crippen molar-refractivity contribution in [2.45, 2.75) is 12.3 Å². The molecule has 254 valence electrons. The minimum atomic E-state index is -0.258. The maximum atomic E-state index is 5.28. The summed E-state index contributed by atoms with van der Waals surface area (Å²) in [4.78, 5) is 5.28. The number of aromatic nitrogens is 1. The van der Waals surface area contributed by atoms with Crippen molar-refractivity contribution in [3.63, 3.8) is 0 Å². The van der Waals surface area contributed by atoms with Gasteiger partial charge in [-0.2, -0.15) is 0 Å². The molecule has 8 aromatic carbocycles. The second-order valence-electron chi connectivity index (χ2n) is 14.4. The Labute approximate surface area is 315 Å². The minimum Gasteiger partial charge on any atom is -0.350 e. The highest BCUT2D eigenvalue weighted by molar-refractivity contribution is 7.27. The number of fused-ring (bicyclic) bond motifs is 6. The topological polar surface area (TPSA) is 41.4 Å². The number of hydrogen-bond acceptors (Lipinski definition) is 4. The molecule has 2 atom stereocenters. The lowest BCUT2D eigenvalue weighted by atomic mass is 9.93. The lowest BCUT2D eigenvalue weighted by Crippen LogP contribution is -2.44. The third kappa shape index (κ3) is 4.31. The highest BCUT2D eigenvalue weighted by Crippen LogP contribution is 2.53. The molecule has 10 aromatic rings. The Morgan fingerprint density at radius 3 is 2.04 bits per heavy atom. The van der Waals surface area contributed by atoms with E-state index in [9.17, 15) is 0 Å². The number of hydrogen-bond donors (Lipinski definition) is 2. The number of benzene rings is 8. The van der Waals surface area contributed by atoms with Gasteiger partial charge in [-0.1, -0.05) is 140 Å². The quantitative estimate of drug-likeness (QED) is 0.191. The zero-order valence-corrected chi connectivity index (χ0v) is 29.9. The number of nitrogens with one attached hydrogen (secondary N) is 2. The van der Waals surface area contributed by atoms with Gasteiger partial charge in [0.25, 0.3) is 0 Å². The van der Waals surface area contributed by atoms with E-state index >= 15 is 0 Å². The Bertz CT molecular complexity index is 3170. The second-order valence-corrected chi connectivity index (χ2v) is 15.4. The first-order valence-electron chi connectivity index (χ1n) is 18.5. The molecule has 12 rings (SSSR count). The highest BCUT2D eigenvalue weighted by Gasteiger charge is 2.28. The van der Waals surface area contributed by atoms with Crippen LogP contribution in [0.1, 0.15) is 29.0 Å². The van der Waals surface area contributed by atoms with Crippen molar-refractivity contribution in [1.29, 1.82) is 0 Å². The normalized spacial score (nSPS) is 16.3. The molecule has 0 amide bonds. The van der Waals surface area contributed by atoms with Crippen LogP contribution in [0.5, 0.6) is 0 Å². The largest absolute Gasteiger partial charge is 0.350 e. The van der Waals surface area contributed by atoms with Gasteiger partial charge in [-0.15, -0.1) is 11.3 Å². The Hall–Kier alpha value is -6.53. The summed E-state index contributed by atoms with van der Waals surface area (Å²) in [6.07, 6.45) is -0.360. The van der Waals surface area contributed by atoms with Crippen LogP contribution < -0.4 is 10.6 Å². The fourth-order valence-corrected chi connectivity index (χ4v) is 10.4. The molecule has 5 heteroatoms. The fourth-order valence-electron chi connectivity index (χ4n) is 9.05. The Kier molecular flexibility index (Phi) is 6.38. The number of aliphatic imine (C=N–C) groups is 1. The SMILES string of the molecule is c1ccc(C2=NC(c3cccc(-n4c5ccccc5c5c6sc7cccc8c7c6c(cc54)-c4cccc5cccc-8c45)c3)NC(c3ccccc3)N2)cc1. The molecule has 0 radical (unpaired) electrons. The standard InChI is InChI=1S/C49H32N4S/c1-3-13-30(14-4-1)47-50-48(31-15-5-2-6-16-31)52-49(51-47)32-19-9-20-33(27-32)53-39-25-8-7-21-37(39)43-40(53)28-38-36-23-11-18-29-17-10-22-34(42(29)36)35-24-12-26-41-44(35)45(38)46(43)54-41/h1-28,47,49,51H,(H,50,52). The predicted molar refractivity (Wildman–Crippen MR) is 227 cm³/mol. The van der Waals surface area contributed by atoms with Gasteiger partial charge in [0.15, 0.2) is 0 Å². The fraction of sp³-hybridized carbons (Fsp3) is 0.0408. The first-order valence-corrected chi connectivity index (χ1v) is 19.4. The van der Waals surface area contributed by atoms with Crippen LogP contribution in [-0.4, -0.2) is 10.4 Å². The smallest absolute Gasteiger partial charge is 0.131 e. The molecule has 54 heavy (non-hydrogen) atoms. The van der Waals surface area contributed by atoms with Crippen LogP contribution in [0.15, 0.2) is 175 Å². The summed E-state index contributed by atoms with van der Waals surface area (Å²) in [5.74, 6) is 0.881. The van der Waals surface area contributed by atoms with Crippen molar-refractivity contribution in [2.75, 3.05) is 0 Å².